The summed E-state index contributed by atoms with van der Waals surface area (Å²) in [7, 11) is 1.55. The van der Waals surface area contributed by atoms with E-state index in [0.29, 0.717) is 5.75 Å². The molecule has 7 nitrogen and oxygen atoms in total. The van der Waals surface area contributed by atoms with Crippen LogP contribution in [0.5, 0.6) is 5.75 Å². The number of ether oxygens (including phenoxy) is 2. The van der Waals surface area contributed by atoms with Crippen LogP contribution in [-0.2, 0) is 19.1 Å². The number of carbonyl (C=O) groups excluding carboxylic acids is 3. The van der Waals surface area contributed by atoms with Crippen molar-refractivity contribution in [2.24, 2.45) is 5.73 Å². The molecular formula is C17H18N2O5. The van der Waals surface area contributed by atoms with Gasteiger partial charge in [0.15, 0.2) is 5.60 Å². The molecule has 24 heavy (non-hydrogen) atoms. The quantitative estimate of drug-likeness (QED) is 0.830. The molecule has 1 saturated heterocycles. The lowest BCUT2D eigenvalue weighted by molar-refractivity contribution is -0.165. The zero-order valence-corrected chi connectivity index (χ0v) is 13.4. The average Bonchev–Trinajstić information content (AvgIpc) is 2.83. The van der Waals surface area contributed by atoms with Crippen LogP contribution in [0.1, 0.15) is 24.8 Å². The van der Waals surface area contributed by atoms with Crippen molar-refractivity contribution in [3.05, 3.63) is 42.0 Å². The molecule has 2 amide bonds. The molecule has 1 aromatic rings. The number of nitrogens with one attached hydrogen (secondary N) is 1. The van der Waals surface area contributed by atoms with Crippen LogP contribution in [0.15, 0.2) is 36.4 Å². The van der Waals surface area contributed by atoms with E-state index in [0.717, 1.165) is 5.56 Å². The van der Waals surface area contributed by atoms with Crippen molar-refractivity contribution in [2.75, 3.05) is 7.11 Å². The first kappa shape index (κ1) is 16.2. The Balaban J connectivity index is 2.08. The Hall–Kier alpha value is -2.67. The molecule has 3 atom stereocenters. The van der Waals surface area contributed by atoms with Crippen molar-refractivity contribution in [1.82, 2.24) is 5.32 Å². The summed E-state index contributed by atoms with van der Waals surface area (Å²) in [4.78, 5) is 36.1. The smallest absolute Gasteiger partial charge is 0.254 e. The number of primary amides is 1. The number of ketones is 1. The van der Waals surface area contributed by atoms with Gasteiger partial charge in [0, 0.05) is 19.3 Å². The predicted octanol–water partition coefficient (Wildman–Crippen LogP) is 0.394. The number of nitrogens with two attached hydrogens (primary N) is 1. The summed E-state index contributed by atoms with van der Waals surface area (Å²) in [5, 5.41) is 2.54. The van der Waals surface area contributed by atoms with Crippen LogP contribution < -0.4 is 15.8 Å². The fraction of sp³-hybridized carbons (Fsp3) is 0.353. The minimum Gasteiger partial charge on any atom is -0.497 e. The van der Waals surface area contributed by atoms with E-state index in [9.17, 15) is 14.4 Å². The minimum atomic E-state index is -1.57. The molecule has 0 aromatic heterocycles. The second kappa shape index (κ2) is 5.45. The Kier molecular flexibility index (Phi) is 3.68. The highest BCUT2D eigenvalue weighted by Gasteiger charge is 2.63. The molecule has 0 spiro atoms. The highest BCUT2D eigenvalue weighted by molar-refractivity contribution is 6.04. The van der Waals surface area contributed by atoms with E-state index in [1.54, 1.807) is 31.4 Å². The zero-order chi connectivity index (χ0) is 17.5. The molecule has 7 heteroatoms. The van der Waals surface area contributed by atoms with Crippen LogP contribution >= 0.6 is 0 Å². The zero-order valence-electron chi connectivity index (χ0n) is 13.4. The first-order valence-electron chi connectivity index (χ1n) is 7.49. The lowest BCUT2D eigenvalue weighted by atomic mass is 9.81. The fourth-order valence-electron chi connectivity index (χ4n) is 3.40. The number of rotatable bonds is 4. The van der Waals surface area contributed by atoms with Crippen molar-refractivity contribution in [2.45, 2.75) is 30.6 Å². The molecule has 3 N–H and O–H groups in total. The van der Waals surface area contributed by atoms with Crippen LogP contribution in [0.2, 0.25) is 0 Å². The third kappa shape index (κ3) is 2.28. The third-order valence-corrected chi connectivity index (χ3v) is 4.51. The minimum absolute atomic E-state index is 0.119. The molecular weight excluding hydrogens is 312 g/mol. The van der Waals surface area contributed by atoms with Crippen molar-refractivity contribution in [3.8, 4) is 5.75 Å². The van der Waals surface area contributed by atoms with Crippen molar-refractivity contribution < 1.29 is 23.9 Å². The SMILES string of the molecule is COc1ccc([C@@H]2C[C@@]3(NC(C)=O)O[C@]2(C(N)=O)C=CC3=O)cc1. The highest BCUT2D eigenvalue weighted by Crippen LogP contribution is 2.51. The van der Waals surface area contributed by atoms with E-state index in [-0.39, 0.29) is 6.42 Å². The maximum absolute atomic E-state index is 12.4. The topological polar surface area (TPSA) is 108 Å². The Morgan fingerprint density at radius 2 is 2.00 bits per heavy atom. The summed E-state index contributed by atoms with van der Waals surface area (Å²) < 4.78 is 10.9. The number of carbonyl (C=O) groups is 3. The number of hydrogen-bond donors (Lipinski definition) is 2. The van der Waals surface area contributed by atoms with Gasteiger partial charge in [0.1, 0.15) is 5.75 Å². The number of fused-ring (bicyclic) bond motifs is 2. The van der Waals surface area contributed by atoms with Gasteiger partial charge in [-0.05, 0) is 29.8 Å². The van der Waals surface area contributed by atoms with Gasteiger partial charge in [0.05, 0.1) is 7.11 Å². The van der Waals surface area contributed by atoms with Gasteiger partial charge in [-0.25, -0.2) is 0 Å². The fourth-order valence-corrected chi connectivity index (χ4v) is 3.40. The molecule has 2 aliphatic rings. The molecule has 3 rings (SSSR count). The van der Waals surface area contributed by atoms with E-state index < -0.39 is 34.8 Å². The van der Waals surface area contributed by atoms with Gasteiger partial charge < -0.3 is 20.5 Å². The molecule has 1 fully saturated rings. The lowest BCUT2D eigenvalue weighted by Crippen LogP contribution is -2.58. The second-order valence-electron chi connectivity index (χ2n) is 6.00. The number of methoxy groups -OCH3 is 1. The van der Waals surface area contributed by atoms with Crippen molar-refractivity contribution >= 4 is 17.6 Å². The second-order valence-corrected chi connectivity index (χ2v) is 6.00. The highest BCUT2D eigenvalue weighted by atomic mass is 16.6. The Morgan fingerprint density at radius 3 is 2.54 bits per heavy atom. The van der Waals surface area contributed by atoms with Gasteiger partial charge in [-0.2, -0.15) is 0 Å². The summed E-state index contributed by atoms with van der Waals surface area (Å²) in [5.41, 5.74) is 3.31. The maximum Gasteiger partial charge on any atom is 0.254 e. The van der Waals surface area contributed by atoms with Gasteiger partial charge in [-0.15, -0.1) is 0 Å². The van der Waals surface area contributed by atoms with Gasteiger partial charge in [-0.3, -0.25) is 14.4 Å². The number of hydrogen-bond acceptors (Lipinski definition) is 5. The molecule has 2 heterocycles. The molecule has 1 aromatic carbocycles. The van der Waals surface area contributed by atoms with Crippen LogP contribution in [-0.4, -0.2) is 36.0 Å². The maximum atomic E-state index is 12.4. The summed E-state index contributed by atoms with van der Waals surface area (Å²) >= 11 is 0. The third-order valence-electron chi connectivity index (χ3n) is 4.51. The van der Waals surface area contributed by atoms with Crippen molar-refractivity contribution in [1.29, 1.82) is 0 Å². The number of benzene rings is 1. The largest absolute Gasteiger partial charge is 0.497 e. The van der Waals surface area contributed by atoms with Gasteiger partial charge in [-0.1, -0.05) is 12.1 Å². The van der Waals surface area contributed by atoms with Gasteiger partial charge in [0.2, 0.25) is 17.4 Å². The van der Waals surface area contributed by atoms with Crippen LogP contribution in [0.25, 0.3) is 0 Å². The normalized spacial score (nSPS) is 30.9. The lowest BCUT2D eigenvalue weighted by Gasteiger charge is -2.34. The standard InChI is InChI=1S/C17H18N2O5/c1-10(20)19-17-9-13(11-3-5-12(23-2)6-4-11)16(24-17,15(18)22)8-7-14(17)21/h3-8,13H,9H2,1-2H3,(H2,18,22)(H,19,20)/t13-,16+,17+/m0/s1. The van der Waals surface area contributed by atoms with E-state index >= 15 is 0 Å². The van der Waals surface area contributed by atoms with Gasteiger partial charge in [0.25, 0.3) is 5.91 Å². The monoisotopic (exact) mass is 330 g/mol. The molecule has 2 aliphatic heterocycles. The van der Waals surface area contributed by atoms with E-state index in [2.05, 4.69) is 5.32 Å². The average molecular weight is 330 g/mol. The van der Waals surface area contributed by atoms with Crippen molar-refractivity contribution in [3.63, 3.8) is 0 Å². The Bertz CT molecular complexity index is 742. The number of amides is 2. The molecule has 126 valence electrons. The molecule has 0 radical (unpaired) electrons. The summed E-state index contributed by atoms with van der Waals surface area (Å²) in [6, 6.07) is 7.09. The van der Waals surface area contributed by atoms with Crippen LogP contribution in [0.4, 0.5) is 0 Å². The summed E-state index contributed by atoms with van der Waals surface area (Å²) in [6.45, 7) is 1.29. The molecule has 0 unspecified atom stereocenters. The van der Waals surface area contributed by atoms with E-state index in [1.807, 2.05) is 0 Å². The first-order valence-corrected chi connectivity index (χ1v) is 7.49. The molecule has 0 aliphatic carbocycles. The van der Waals surface area contributed by atoms with Crippen LogP contribution in [0.3, 0.4) is 0 Å². The summed E-state index contributed by atoms with van der Waals surface area (Å²) in [5.74, 6) is -1.38. The predicted molar refractivity (Wildman–Crippen MR) is 84.1 cm³/mol. The first-order chi connectivity index (χ1) is 11.3. The summed E-state index contributed by atoms with van der Waals surface area (Å²) in [6.07, 6.45) is 2.76. The molecule has 2 bridgehead atoms. The van der Waals surface area contributed by atoms with E-state index in [1.165, 1.54) is 19.1 Å². The van der Waals surface area contributed by atoms with Gasteiger partial charge >= 0.3 is 0 Å². The Labute approximate surface area is 138 Å². The van der Waals surface area contributed by atoms with Crippen LogP contribution in [0, 0.1) is 0 Å². The van der Waals surface area contributed by atoms with E-state index in [4.69, 9.17) is 15.2 Å². The Morgan fingerprint density at radius 1 is 1.33 bits per heavy atom. The molecule has 0 saturated carbocycles.